The summed E-state index contributed by atoms with van der Waals surface area (Å²) in [5, 5.41) is 24.5. The standard InChI is InChI=1S/C18H15N3O5/c1-9-11(7-19)17(18-12(20-9)3-2-4-14(18)22)10-5-15-16(26-8-25-15)6-13(10)21(23)24/h5-6,17,20H,2-4,8H2,1H3. The Morgan fingerprint density at radius 3 is 2.73 bits per heavy atom. The molecule has 1 aromatic rings. The van der Waals surface area contributed by atoms with Crippen LogP contribution in [0, 0.1) is 21.4 Å². The van der Waals surface area contributed by atoms with E-state index in [0.717, 1.165) is 12.1 Å². The lowest BCUT2D eigenvalue weighted by Gasteiger charge is -2.32. The number of carbonyl (C=O) groups is 1. The molecule has 1 atom stereocenters. The first-order valence-corrected chi connectivity index (χ1v) is 8.23. The van der Waals surface area contributed by atoms with Gasteiger partial charge in [0.2, 0.25) is 6.79 Å². The maximum absolute atomic E-state index is 12.6. The highest BCUT2D eigenvalue weighted by Crippen LogP contribution is 2.48. The first kappa shape index (κ1) is 16.1. The van der Waals surface area contributed by atoms with Crippen molar-refractivity contribution in [3.05, 3.63) is 50.4 Å². The van der Waals surface area contributed by atoms with E-state index in [1.807, 2.05) is 0 Å². The Hall–Kier alpha value is -3.34. The van der Waals surface area contributed by atoms with Gasteiger partial charge in [0, 0.05) is 29.0 Å². The van der Waals surface area contributed by atoms with Crippen molar-refractivity contribution in [3.8, 4) is 17.6 Å². The Bertz CT molecular complexity index is 954. The number of hydrogen-bond acceptors (Lipinski definition) is 7. The first-order valence-electron chi connectivity index (χ1n) is 8.23. The molecule has 1 aliphatic carbocycles. The molecule has 1 N–H and O–H groups in total. The number of Topliss-reactive ketones (excluding diaryl/α,β-unsaturated/α-hetero) is 1. The molecule has 3 aliphatic rings. The van der Waals surface area contributed by atoms with Crippen molar-refractivity contribution in [2.45, 2.75) is 32.1 Å². The number of carbonyl (C=O) groups excluding carboxylic acids is 1. The monoisotopic (exact) mass is 353 g/mol. The van der Waals surface area contributed by atoms with Crippen LogP contribution in [0.5, 0.6) is 11.5 Å². The summed E-state index contributed by atoms with van der Waals surface area (Å²) in [5.74, 6) is -0.197. The van der Waals surface area contributed by atoms with Crippen molar-refractivity contribution >= 4 is 11.5 Å². The summed E-state index contributed by atoms with van der Waals surface area (Å²) < 4.78 is 10.6. The van der Waals surface area contributed by atoms with Gasteiger partial charge in [-0.05, 0) is 25.8 Å². The summed E-state index contributed by atoms with van der Waals surface area (Å²) in [4.78, 5) is 23.8. The van der Waals surface area contributed by atoms with E-state index >= 15 is 0 Å². The number of nitrogens with one attached hydrogen (secondary N) is 1. The van der Waals surface area contributed by atoms with Crippen LogP contribution < -0.4 is 14.8 Å². The predicted octanol–water partition coefficient (Wildman–Crippen LogP) is 2.81. The highest BCUT2D eigenvalue weighted by Gasteiger charge is 2.40. The Labute approximate surface area is 148 Å². The number of allylic oxidation sites excluding steroid dienone is 4. The second-order valence-electron chi connectivity index (χ2n) is 6.40. The number of rotatable bonds is 2. The van der Waals surface area contributed by atoms with Crippen molar-refractivity contribution in [1.82, 2.24) is 5.32 Å². The van der Waals surface area contributed by atoms with Crippen molar-refractivity contribution < 1.29 is 19.2 Å². The molecule has 1 aromatic carbocycles. The van der Waals surface area contributed by atoms with E-state index in [-0.39, 0.29) is 29.6 Å². The summed E-state index contributed by atoms with van der Waals surface area (Å²) in [7, 11) is 0. The number of benzene rings is 1. The molecule has 0 aromatic heterocycles. The topological polar surface area (TPSA) is 114 Å². The van der Waals surface area contributed by atoms with Crippen molar-refractivity contribution in [2.75, 3.05) is 6.79 Å². The van der Waals surface area contributed by atoms with E-state index < -0.39 is 10.8 Å². The number of ketones is 1. The van der Waals surface area contributed by atoms with Gasteiger partial charge in [-0.15, -0.1) is 0 Å². The number of fused-ring (bicyclic) bond motifs is 1. The number of nitriles is 1. The third-order valence-electron chi connectivity index (χ3n) is 4.93. The minimum atomic E-state index is -0.779. The molecular formula is C18H15N3O5. The summed E-state index contributed by atoms with van der Waals surface area (Å²) in [5.41, 5.74) is 2.19. The van der Waals surface area contributed by atoms with E-state index in [9.17, 15) is 20.2 Å². The largest absolute Gasteiger partial charge is 0.454 e. The molecule has 1 unspecified atom stereocenters. The van der Waals surface area contributed by atoms with E-state index in [0.29, 0.717) is 35.4 Å². The van der Waals surface area contributed by atoms with E-state index in [4.69, 9.17) is 9.47 Å². The smallest absolute Gasteiger partial charge is 0.277 e. The van der Waals surface area contributed by atoms with E-state index in [1.54, 1.807) is 6.92 Å². The molecule has 0 saturated carbocycles. The summed E-state index contributed by atoms with van der Waals surface area (Å²) >= 11 is 0. The molecule has 0 bridgehead atoms. The van der Waals surface area contributed by atoms with Gasteiger partial charge in [-0.2, -0.15) is 5.26 Å². The number of nitro groups is 1. The third kappa shape index (κ3) is 2.32. The molecule has 0 amide bonds. The molecule has 26 heavy (non-hydrogen) atoms. The van der Waals surface area contributed by atoms with Gasteiger partial charge in [-0.1, -0.05) is 0 Å². The lowest BCUT2D eigenvalue weighted by Crippen LogP contribution is -2.31. The first-order chi connectivity index (χ1) is 12.5. The molecule has 2 aliphatic heterocycles. The lowest BCUT2D eigenvalue weighted by atomic mass is 9.75. The van der Waals surface area contributed by atoms with Crippen LogP contribution >= 0.6 is 0 Å². The summed E-state index contributed by atoms with van der Waals surface area (Å²) in [6.07, 6.45) is 1.76. The Balaban J connectivity index is 1.98. The van der Waals surface area contributed by atoms with Crippen LogP contribution in [0.15, 0.2) is 34.7 Å². The summed E-state index contributed by atoms with van der Waals surface area (Å²) in [6.45, 7) is 1.72. The highest BCUT2D eigenvalue weighted by atomic mass is 16.7. The second-order valence-corrected chi connectivity index (χ2v) is 6.40. The lowest BCUT2D eigenvalue weighted by molar-refractivity contribution is -0.385. The SMILES string of the molecule is CC1=C(C#N)C(c2cc3c(cc2[N+](=O)[O-])OCO3)C2=C(CCCC2=O)N1. The fourth-order valence-electron chi connectivity index (χ4n) is 3.78. The maximum Gasteiger partial charge on any atom is 0.277 e. The van der Waals surface area contributed by atoms with Crippen LogP contribution in [0.3, 0.4) is 0 Å². The molecular weight excluding hydrogens is 338 g/mol. The number of ether oxygens (including phenoxy) is 2. The fourth-order valence-corrected chi connectivity index (χ4v) is 3.78. The zero-order valence-electron chi connectivity index (χ0n) is 14.0. The normalized spacial score (nSPS) is 21.2. The molecule has 8 heteroatoms. The van der Waals surface area contributed by atoms with Gasteiger partial charge in [0.1, 0.15) is 0 Å². The third-order valence-corrected chi connectivity index (χ3v) is 4.93. The molecule has 132 valence electrons. The molecule has 0 saturated heterocycles. The molecule has 0 fully saturated rings. The fraction of sp³-hybridized carbons (Fsp3) is 0.333. The van der Waals surface area contributed by atoms with Crippen LogP contribution in [0.4, 0.5) is 5.69 Å². The Kier molecular flexibility index (Phi) is 3.65. The minimum Gasteiger partial charge on any atom is -0.454 e. The zero-order chi connectivity index (χ0) is 18.4. The van der Waals surface area contributed by atoms with Crippen LogP contribution in [0.2, 0.25) is 0 Å². The molecule has 0 radical (unpaired) electrons. The minimum absolute atomic E-state index is 0.0188. The van der Waals surface area contributed by atoms with Gasteiger partial charge in [0.15, 0.2) is 17.3 Å². The van der Waals surface area contributed by atoms with Crippen LogP contribution in [0.1, 0.15) is 37.7 Å². The Morgan fingerprint density at radius 2 is 2.04 bits per heavy atom. The molecule has 2 heterocycles. The van der Waals surface area contributed by atoms with Gasteiger partial charge in [0.05, 0.1) is 28.5 Å². The van der Waals surface area contributed by atoms with Crippen LogP contribution in [-0.2, 0) is 4.79 Å². The second kappa shape index (κ2) is 5.88. The predicted molar refractivity (Wildman–Crippen MR) is 89.3 cm³/mol. The number of dihydropyridines is 1. The van der Waals surface area contributed by atoms with Gasteiger partial charge in [0.25, 0.3) is 5.69 Å². The highest BCUT2D eigenvalue weighted by molar-refractivity contribution is 6.00. The van der Waals surface area contributed by atoms with Gasteiger partial charge in [-0.25, -0.2) is 0 Å². The van der Waals surface area contributed by atoms with Gasteiger partial charge in [-0.3, -0.25) is 14.9 Å². The quantitative estimate of drug-likeness (QED) is 0.642. The maximum atomic E-state index is 12.6. The van der Waals surface area contributed by atoms with Crippen LogP contribution in [-0.4, -0.2) is 17.5 Å². The van der Waals surface area contributed by atoms with Crippen molar-refractivity contribution in [1.29, 1.82) is 5.26 Å². The van der Waals surface area contributed by atoms with Crippen molar-refractivity contribution in [2.24, 2.45) is 0 Å². The van der Waals surface area contributed by atoms with Gasteiger partial charge < -0.3 is 14.8 Å². The average molecular weight is 353 g/mol. The number of nitro benzene ring substituents is 1. The Morgan fingerprint density at radius 1 is 1.31 bits per heavy atom. The van der Waals surface area contributed by atoms with Crippen LogP contribution in [0.25, 0.3) is 0 Å². The zero-order valence-corrected chi connectivity index (χ0v) is 14.0. The average Bonchev–Trinajstić information content (AvgIpc) is 3.07. The molecule has 8 nitrogen and oxygen atoms in total. The van der Waals surface area contributed by atoms with Crippen molar-refractivity contribution in [3.63, 3.8) is 0 Å². The number of nitrogens with zero attached hydrogens (tertiary/aromatic N) is 2. The molecule has 0 spiro atoms. The van der Waals surface area contributed by atoms with E-state index in [2.05, 4.69) is 11.4 Å². The van der Waals surface area contributed by atoms with E-state index in [1.165, 1.54) is 12.1 Å². The number of hydrogen-bond donors (Lipinski definition) is 1. The van der Waals surface area contributed by atoms with Gasteiger partial charge >= 0.3 is 0 Å². The molecule has 4 rings (SSSR count). The summed E-state index contributed by atoms with van der Waals surface area (Å²) in [6, 6.07) is 4.95.